The summed E-state index contributed by atoms with van der Waals surface area (Å²) in [5.41, 5.74) is 1.23. The highest BCUT2D eigenvalue weighted by molar-refractivity contribution is 5.00. The molecule has 0 aromatic carbocycles. The van der Waals surface area contributed by atoms with E-state index in [1.165, 1.54) is 51.0 Å². The zero-order valence-electron chi connectivity index (χ0n) is 13.6. The lowest BCUT2D eigenvalue weighted by Gasteiger charge is -2.25. The number of aromatic nitrogens is 2. The van der Waals surface area contributed by atoms with Crippen molar-refractivity contribution < 1.29 is 0 Å². The summed E-state index contributed by atoms with van der Waals surface area (Å²) < 4.78 is 2.12. The lowest BCUT2D eigenvalue weighted by Crippen LogP contribution is -2.38. The molecular formula is C17H30N4. The molecule has 1 saturated heterocycles. The molecule has 0 amide bonds. The second kappa shape index (κ2) is 6.93. The monoisotopic (exact) mass is 290 g/mol. The van der Waals surface area contributed by atoms with Gasteiger partial charge in [-0.25, -0.2) is 0 Å². The van der Waals surface area contributed by atoms with Gasteiger partial charge in [-0.15, -0.1) is 0 Å². The van der Waals surface area contributed by atoms with Crippen LogP contribution >= 0.6 is 0 Å². The molecular weight excluding hydrogens is 260 g/mol. The van der Waals surface area contributed by atoms with Crippen LogP contribution in [0.5, 0.6) is 0 Å². The molecule has 2 atom stereocenters. The molecule has 1 aliphatic carbocycles. The van der Waals surface area contributed by atoms with Crippen molar-refractivity contribution in [3.63, 3.8) is 0 Å². The minimum Gasteiger partial charge on any atom is -0.313 e. The molecule has 1 aliphatic heterocycles. The van der Waals surface area contributed by atoms with Gasteiger partial charge in [0.1, 0.15) is 0 Å². The van der Waals surface area contributed by atoms with Gasteiger partial charge in [-0.05, 0) is 57.6 Å². The summed E-state index contributed by atoms with van der Waals surface area (Å²) in [5.74, 6) is 0.947. The van der Waals surface area contributed by atoms with E-state index in [-0.39, 0.29) is 0 Å². The van der Waals surface area contributed by atoms with Crippen LogP contribution in [0.2, 0.25) is 0 Å². The lowest BCUT2D eigenvalue weighted by molar-refractivity contribution is 0.228. The molecule has 1 saturated carbocycles. The largest absolute Gasteiger partial charge is 0.313 e. The SMILES string of the molecule is CCC(C)n1ccc(CN(CC2CC2)CC2CCCN2)n1. The van der Waals surface area contributed by atoms with Crippen LogP contribution in [0.1, 0.15) is 57.7 Å². The molecule has 2 heterocycles. The fourth-order valence-corrected chi connectivity index (χ4v) is 3.22. The quantitative estimate of drug-likeness (QED) is 0.799. The highest BCUT2D eigenvalue weighted by Crippen LogP contribution is 2.30. The first-order valence-electron chi connectivity index (χ1n) is 8.74. The first-order valence-corrected chi connectivity index (χ1v) is 8.74. The van der Waals surface area contributed by atoms with E-state index < -0.39 is 0 Å². The number of nitrogens with one attached hydrogen (secondary N) is 1. The van der Waals surface area contributed by atoms with Crippen molar-refractivity contribution in [2.24, 2.45) is 5.92 Å². The van der Waals surface area contributed by atoms with E-state index in [9.17, 15) is 0 Å². The summed E-state index contributed by atoms with van der Waals surface area (Å²) in [6.07, 6.45) is 8.81. The van der Waals surface area contributed by atoms with Crippen molar-refractivity contribution >= 4 is 0 Å². The summed E-state index contributed by atoms with van der Waals surface area (Å²) in [4.78, 5) is 2.63. The van der Waals surface area contributed by atoms with Crippen molar-refractivity contribution in [3.05, 3.63) is 18.0 Å². The maximum Gasteiger partial charge on any atom is 0.0764 e. The van der Waals surface area contributed by atoms with Crippen LogP contribution in [-0.4, -0.2) is 40.4 Å². The fraction of sp³-hybridized carbons (Fsp3) is 0.824. The molecule has 118 valence electrons. The summed E-state index contributed by atoms with van der Waals surface area (Å²) >= 11 is 0. The molecule has 0 spiro atoms. The van der Waals surface area contributed by atoms with E-state index >= 15 is 0 Å². The van der Waals surface area contributed by atoms with Gasteiger partial charge in [0.25, 0.3) is 0 Å². The van der Waals surface area contributed by atoms with Crippen LogP contribution in [0.25, 0.3) is 0 Å². The second-order valence-corrected chi connectivity index (χ2v) is 6.98. The Balaban J connectivity index is 1.58. The molecule has 0 bridgehead atoms. The van der Waals surface area contributed by atoms with E-state index in [2.05, 4.69) is 41.0 Å². The molecule has 2 aliphatic rings. The Morgan fingerprint density at radius 1 is 1.38 bits per heavy atom. The predicted molar refractivity (Wildman–Crippen MR) is 86.3 cm³/mol. The van der Waals surface area contributed by atoms with E-state index in [1.54, 1.807) is 0 Å². The topological polar surface area (TPSA) is 33.1 Å². The van der Waals surface area contributed by atoms with Crippen molar-refractivity contribution in [2.75, 3.05) is 19.6 Å². The van der Waals surface area contributed by atoms with E-state index in [0.717, 1.165) is 18.9 Å². The fourth-order valence-electron chi connectivity index (χ4n) is 3.22. The van der Waals surface area contributed by atoms with Crippen molar-refractivity contribution in [2.45, 2.75) is 64.6 Å². The smallest absolute Gasteiger partial charge is 0.0764 e. The zero-order chi connectivity index (χ0) is 14.7. The average molecular weight is 290 g/mol. The Labute approximate surface area is 128 Å². The Morgan fingerprint density at radius 2 is 2.24 bits per heavy atom. The van der Waals surface area contributed by atoms with Crippen LogP contribution < -0.4 is 5.32 Å². The minimum atomic E-state index is 0.507. The first kappa shape index (κ1) is 15.0. The third-order valence-electron chi connectivity index (χ3n) is 4.95. The van der Waals surface area contributed by atoms with Gasteiger partial charge in [0.2, 0.25) is 0 Å². The van der Waals surface area contributed by atoms with E-state index in [4.69, 9.17) is 5.10 Å². The van der Waals surface area contributed by atoms with Crippen LogP contribution in [0, 0.1) is 5.92 Å². The lowest BCUT2D eigenvalue weighted by atomic mass is 10.2. The molecule has 21 heavy (non-hydrogen) atoms. The van der Waals surface area contributed by atoms with Crippen molar-refractivity contribution in [1.82, 2.24) is 20.0 Å². The third-order valence-corrected chi connectivity index (χ3v) is 4.95. The number of hydrogen-bond donors (Lipinski definition) is 1. The predicted octanol–water partition coefficient (Wildman–Crippen LogP) is 2.82. The maximum atomic E-state index is 4.78. The van der Waals surface area contributed by atoms with Gasteiger partial charge in [-0.1, -0.05) is 6.92 Å². The second-order valence-electron chi connectivity index (χ2n) is 6.98. The number of rotatable bonds is 8. The molecule has 1 aromatic heterocycles. The van der Waals surface area contributed by atoms with Gasteiger partial charge in [0, 0.05) is 37.9 Å². The Hall–Kier alpha value is -0.870. The van der Waals surface area contributed by atoms with Gasteiger partial charge < -0.3 is 5.32 Å². The van der Waals surface area contributed by atoms with Crippen molar-refractivity contribution in [1.29, 1.82) is 0 Å². The Morgan fingerprint density at radius 3 is 2.90 bits per heavy atom. The highest BCUT2D eigenvalue weighted by atomic mass is 15.3. The average Bonchev–Trinajstić information content (AvgIpc) is 2.96. The standard InChI is InChI=1S/C17H30N4/c1-3-14(2)21-10-8-17(19-21)13-20(11-15-6-7-15)12-16-5-4-9-18-16/h8,10,14-16,18H,3-7,9,11-13H2,1-2H3. The van der Waals surface area contributed by atoms with Gasteiger partial charge in [-0.2, -0.15) is 5.10 Å². The number of nitrogens with zero attached hydrogens (tertiary/aromatic N) is 3. The molecule has 4 heteroatoms. The van der Waals surface area contributed by atoms with E-state index in [1.807, 2.05) is 0 Å². The van der Waals surface area contributed by atoms with Crippen LogP contribution in [0.4, 0.5) is 0 Å². The zero-order valence-corrected chi connectivity index (χ0v) is 13.6. The van der Waals surface area contributed by atoms with Gasteiger partial charge >= 0.3 is 0 Å². The Bertz CT molecular complexity index is 432. The van der Waals surface area contributed by atoms with Gasteiger partial charge in [0.05, 0.1) is 5.69 Å². The van der Waals surface area contributed by atoms with Gasteiger partial charge in [-0.3, -0.25) is 9.58 Å². The molecule has 1 N–H and O–H groups in total. The molecule has 4 nitrogen and oxygen atoms in total. The third kappa shape index (κ3) is 4.30. The maximum absolute atomic E-state index is 4.78. The Kier molecular flexibility index (Phi) is 4.96. The van der Waals surface area contributed by atoms with Gasteiger partial charge in [0.15, 0.2) is 0 Å². The van der Waals surface area contributed by atoms with Crippen molar-refractivity contribution in [3.8, 4) is 0 Å². The summed E-state index contributed by atoms with van der Waals surface area (Å²) in [6, 6.07) is 3.40. The molecule has 0 radical (unpaired) electrons. The molecule has 2 unspecified atom stereocenters. The minimum absolute atomic E-state index is 0.507. The molecule has 1 aromatic rings. The summed E-state index contributed by atoms with van der Waals surface area (Å²) in [7, 11) is 0. The molecule has 3 rings (SSSR count). The molecule has 2 fully saturated rings. The summed E-state index contributed by atoms with van der Waals surface area (Å²) in [6.45, 7) is 9.11. The summed E-state index contributed by atoms with van der Waals surface area (Å²) in [5, 5.41) is 8.41. The van der Waals surface area contributed by atoms with E-state index in [0.29, 0.717) is 12.1 Å². The van der Waals surface area contributed by atoms with Crippen LogP contribution in [0.15, 0.2) is 12.3 Å². The number of hydrogen-bond acceptors (Lipinski definition) is 3. The first-order chi connectivity index (χ1) is 10.2. The van der Waals surface area contributed by atoms with Crippen LogP contribution in [-0.2, 0) is 6.54 Å². The van der Waals surface area contributed by atoms with Crippen LogP contribution in [0.3, 0.4) is 0 Å². The highest BCUT2D eigenvalue weighted by Gasteiger charge is 2.26. The normalized spacial score (nSPS) is 23.9.